The Kier molecular flexibility index (Phi) is 4.83. The van der Waals surface area contributed by atoms with Crippen molar-refractivity contribution in [1.82, 2.24) is 5.32 Å². The summed E-state index contributed by atoms with van der Waals surface area (Å²) in [5, 5.41) is 3.13. The first-order chi connectivity index (χ1) is 8.55. The van der Waals surface area contributed by atoms with Gasteiger partial charge in [0.15, 0.2) is 0 Å². The van der Waals surface area contributed by atoms with Crippen molar-refractivity contribution in [3.05, 3.63) is 35.4 Å². The van der Waals surface area contributed by atoms with E-state index in [4.69, 9.17) is 0 Å². The fourth-order valence-corrected chi connectivity index (χ4v) is 2.22. The average molecular weight is 326 g/mol. The Hall–Kier alpha value is -0.830. The van der Waals surface area contributed by atoms with Gasteiger partial charge in [0.25, 0.3) is 0 Å². The molecule has 1 unspecified atom stereocenters. The maximum absolute atomic E-state index is 12.3. The standard InChI is InChI=1S/C16H24BrNO/c1-11-9-7-8-10-12(11)16(5,6)18-14(19)13(17)15(2,3)4/h7-10,13H,1-6H3,(H,18,19). The van der Waals surface area contributed by atoms with Gasteiger partial charge in [-0.3, -0.25) is 4.79 Å². The minimum absolute atomic E-state index is 0.0285. The van der Waals surface area contributed by atoms with Crippen LogP contribution in [0, 0.1) is 12.3 Å². The number of aryl methyl sites for hydroxylation is 1. The quantitative estimate of drug-likeness (QED) is 0.831. The molecule has 0 saturated heterocycles. The molecule has 0 fully saturated rings. The first kappa shape index (κ1) is 16.2. The van der Waals surface area contributed by atoms with Crippen molar-refractivity contribution in [3.63, 3.8) is 0 Å². The molecule has 0 radical (unpaired) electrons. The highest BCUT2D eigenvalue weighted by Gasteiger charge is 2.33. The Bertz CT molecular complexity index is 460. The summed E-state index contributed by atoms with van der Waals surface area (Å²) >= 11 is 3.50. The Morgan fingerprint density at radius 3 is 2.16 bits per heavy atom. The van der Waals surface area contributed by atoms with Gasteiger partial charge in [0.05, 0.1) is 10.4 Å². The van der Waals surface area contributed by atoms with Crippen LogP contribution in [0.25, 0.3) is 0 Å². The van der Waals surface area contributed by atoms with Crippen LogP contribution < -0.4 is 5.32 Å². The fourth-order valence-electron chi connectivity index (χ4n) is 2.11. The second kappa shape index (κ2) is 5.66. The van der Waals surface area contributed by atoms with Crippen LogP contribution in [0.2, 0.25) is 0 Å². The lowest BCUT2D eigenvalue weighted by Crippen LogP contribution is -2.47. The first-order valence-corrected chi connectivity index (χ1v) is 7.49. The normalized spacial score (nSPS) is 14.1. The van der Waals surface area contributed by atoms with Crippen molar-refractivity contribution in [2.24, 2.45) is 5.41 Å². The maximum atomic E-state index is 12.3. The van der Waals surface area contributed by atoms with Crippen LogP contribution in [0.5, 0.6) is 0 Å². The van der Waals surface area contributed by atoms with Crippen LogP contribution in [0.1, 0.15) is 45.7 Å². The SMILES string of the molecule is Cc1ccccc1C(C)(C)NC(=O)C(Br)C(C)(C)C. The number of halogens is 1. The smallest absolute Gasteiger partial charge is 0.234 e. The van der Waals surface area contributed by atoms with E-state index >= 15 is 0 Å². The lowest BCUT2D eigenvalue weighted by Gasteiger charge is -2.32. The molecule has 0 aliphatic heterocycles. The van der Waals surface area contributed by atoms with E-state index in [1.54, 1.807) is 0 Å². The highest BCUT2D eigenvalue weighted by molar-refractivity contribution is 9.10. The number of benzene rings is 1. The molecular formula is C16H24BrNO. The van der Waals surface area contributed by atoms with Crippen LogP contribution in [-0.2, 0) is 10.3 Å². The van der Waals surface area contributed by atoms with E-state index in [2.05, 4.69) is 40.3 Å². The summed E-state index contributed by atoms with van der Waals surface area (Å²) in [5.41, 5.74) is 1.86. The average Bonchev–Trinajstić information content (AvgIpc) is 2.26. The number of rotatable bonds is 3. The molecule has 19 heavy (non-hydrogen) atoms. The van der Waals surface area contributed by atoms with Gasteiger partial charge in [0, 0.05) is 0 Å². The van der Waals surface area contributed by atoms with Gasteiger partial charge in [0.2, 0.25) is 5.91 Å². The van der Waals surface area contributed by atoms with Crippen LogP contribution in [0.15, 0.2) is 24.3 Å². The molecule has 0 bridgehead atoms. The summed E-state index contributed by atoms with van der Waals surface area (Å²) in [4.78, 5) is 12.1. The largest absolute Gasteiger partial charge is 0.346 e. The number of amides is 1. The Morgan fingerprint density at radius 1 is 1.16 bits per heavy atom. The van der Waals surface area contributed by atoms with Crippen molar-refractivity contribution >= 4 is 21.8 Å². The van der Waals surface area contributed by atoms with E-state index in [0.717, 1.165) is 5.56 Å². The lowest BCUT2D eigenvalue weighted by molar-refractivity contribution is -0.123. The topological polar surface area (TPSA) is 29.1 Å². The molecule has 1 rings (SSSR count). The number of carbonyl (C=O) groups excluding carboxylic acids is 1. The van der Waals surface area contributed by atoms with Gasteiger partial charge in [-0.2, -0.15) is 0 Å². The zero-order valence-corrected chi connectivity index (χ0v) is 14.3. The summed E-state index contributed by atoms with van der Waals surface area (Å²) < 4.78 is 0. The third-order valence-electron chi connectivity index (χ3n) is 3.24. The van der Waals surface area contributed by atoms with Crippen molar-refractivity contribution < 1.29 is 4.79 Å². The molecular weight excluding hydrogens is 302 g/mol. The van der Waals surface area contributed by atoms with Gasteiger partial charge in [-0.25, -0.2) is 0 Å². The zero-order valence-electron chi connectivity index (χ0n) is 12.7. The molecule has 1 amide bonds. The van der Waals surface area contributed by atoms with Gasteiger partial charge in [-0.05, 0) is 37.3 Å². The lowest BCUT2D eigenvalue weighted by atomic mass is 9.88. The molecule has 1 atom stereocenters. The van der Waals surface area contributed by atoms with E-state index in [1.807, 2.05) is 46.8 Å². The molecule has 106 valence electrons. The minimum Gasteiger partial charge on any atom is -0.346 e. The van der Waals surface area contributed by atoms with Crippen LogP contribution >= 0.6 is 15.9 Å². The van der Waals surface area contributed by atoms with Crippen molar-refractivity contribution in [2.75, 3.05) is 0 Å². The molecule has 3 heteroatoms. The number of hydrogen-bond acceptors (Lipinski definition) is 1. The van der Waals surface area contributed by atoms with E-state index < -0.39 is 0 Å². The molecule has 1 N–H and O–H groups in total. The van der Waals surface area contributed by atoms with E-state index in [9.17, 15) is 4.79 Å². The maximum Gasteiger partial charge on any atom is 0.234 e. The number of hydrogen-bond donors (Lipinski definition) is 1. The summed E-state index contributed by atoms with van der Waals surface area (Å²) in [5.74, 6) is 0.0285. The third-order valence-corrected chi connectivity index (χ3v) is 5.03. The van der Waals surface area contributed by atoms with Gasteiger partial charge in [-0.1, -0.05) is 61.0 Å². The molecule has 0 heterocycles. The zero-order chi connectivity index (χ0) is 14.8. The second-order valence-electron chi connectivity index (χ2n) is 6.66. The fraction of sp³-hybridized carbons (Fsp3) is 0.562. The van der Waals surface area contributed by atoms with Crippen LogP contribution in [-0.4, -0.2) is 10.7 Å². The van der Waals surface area contributed by atoms with E-state index in [1.165, 1.54) is 5.56 Å². The number of carbonyl (C=O) groups is 1. The van der Waals surface area contributed by atoms with Gasteiger partial charge in [0.1, 0.15) is 0 Å². The monoisotopic (exact) mass is 325 g/mol. The minimum atomic E-state index is -0.375. The van der Waals surface area contributed by atoms with Crippen molar-refractivity contribution in [3.8, 4) is 0 Å². The Morgan fingerprint density at radius 2 is 1.68 bits per heavy atom. The van der Waals surface area contributed by atoms with Crippen LogP contribution in [0.3, 0.4) is 0 Å². The van der Waals surface area contributed by atoms with Crippen LogP contribution in [0.4, 0.5) is 0 Å². The predicted molar refractivity (Wildman–Crippen MR) is 84.5 cm³/mol. The molecule has 0 aliphatic carbocycles. The molecule has 0 aliphatic rings. The number of alkyl halides is 1. The molecule has 0 spiro atoms. The summed E-state index contributed by atoms with van der Waals surface area (Å²) in [6.45, 7) is 12.3. The molecule has 1 aromatic rings. The summed E-state index contributed by atoms with van der Waals surface area (Å²) in [6.07, 6.45) is 0. The summed E-state index contributed by atoms with van der Waals surface area (Å²) in [7, 11) is 0. The molecule has 0 aromatic heterocycles. The van der Waals surface area contributed by atoms with Crippen molar-refractivity contribution in [1.29, 1.82) is 0 Å². The summed E-state index contributed by atoms with van der Waals surface area (Å²) in [6, 6.07) is 8.15. The predicted octanol–water partition coefficient (Wildman–Crippen LogP) is 4.16. The first-order valence-electron chi connectivity index (χ1n) is 6.58. The number of nitrogens with one attached hydrogen (secondary N) is 1. The van der Waals surface area contributed by atoms with Gasteiger partial charge in [-0.15, -0.1) is 0 Å². The van der Waals surface area contributed by atoms with Crippen molar-refractivity contribution in [2.45, 2.75) is 51.9 Å². The molecule has 2 nitrogen and oxygen atoms in total. The third kappa shape index (κ3) is 4.07. The molecule has 1 aromatic carbocycles. The Balaban J connectivity index is 2.92. The Labute approximate surface area is 125 Å². The van der Waals surface area contributed by atoms with E-state index in [0.29, 0.717) is 0 Å². The van der Waals surface area contributed by atoms with E-state index in [-0.39, 0.29) is 21.7 Å². The van der Waals surface area contributed by atoms with Gasteiger partial charge < -0.3 is 5.32 Å². The molecule has 0 saturated carbocycles. The van der Waals surface area contributed by atoms with Gasteiger partial charge >= 0.3 is 0 Å². The second-order valence-corrected chi connectivity index (χ2v) is 7.57. The highest BCUT2D eigenvalue weighted by Crippen LogP contribution is 2.29. The highest BCUT2D eigenvalue weighted by atomic mass is 79.9.